The van der Waals surface area contributed by atoms with Crippen LogP contribution in [0.2, 0.25) is 0 Å². The Morgan fingerprint density at radius 3 is 1.80 bits per heavy atom. The van der Waals surface area contributed by atoms with Gasteiger partial charge < -0.3 is 5.11 Å². The molecule has 0 heterocycles. The molecule has 0 aromatic carbocycles. The van der Waals surface area contributed by atoms with E-state index in [4.69, 9.17) is 9.90 Å². The summed E-state index contributed by atoms with van der Waals surface area (Å²) in [5.41, 5.74) is 0. The minimum absolute atomic E-state index is 0. The number of carboxylic acid groups (broad SMARTS) is 1. The predicted octanol–water partition coefficient (Wildman–Crippen LogP) is -0.0543. The molecule has 0 amide bonds. The van der Waals surface area contributed by atoms with E-state index in [2.05, 4.69) is 12.6 Å². The Morgan fingerprint density at radius 1 is 1.80 bits per heavy atom. The van der Waals surface area contributed by atoms with Crippen molar-refractivity contribution in [3.8, 4) is 0 Å². The van der Waals surface area contributed by atoms with Crippen LogP contribution in [0.25, 0.3) is 0 Å². The Morgan fingerprint density at radius 2 is 1.80 bits per heavy atom. The van der Waals surface area contributed by atoms with Crippen molar-refractivity contribution in [1.29, 1.82) is 0 Å². The van der Waals surface area contributed by atoms with Crippen LogP contribution in [-0.2, 0) is 0 Å². The van der Waals surface area contributed by atoms with E-state index in [1.165, 1.54) is 0 Å². The van der Waals surface area contributed by atoms with Crippen molar-refractivity contribution >= 4 is 69.3 Å². The first-order valence-electron chi connectivity index (χ1n) is 0.651. The molecule has 0 radical (unpaired) electrons. The van der Waals surface area contributed by atoms with E-state index in [1.807, 2.05) is 0 Å². The molecule has 5 heavy (non-hydrogen) atoms. The fraction of sp³-hybridized carbons (Fsp3) is 0. The van der Waals surface area contributed by atoms with Crippen LogP contribution in [0.5, 0.6) is 0 Å². The SMILES string of the molecule is O=C(O)S.[KH]. The minimum atomic E-state index is -1.14. The number of hydrogen-bond donors (Lipinski definition) is 2. The Labute approximate surface area is 77.8 Å². The van der Waals surface area contributed by atoms with Gasteiger partial charge in [-0.25, -0.2) is 4.79 Å². The second-order valence-electron chi connectivity index (χ2n) is 0.283. The van der Waals surface area contributed by atoms with Gasteiger partial charge in [-0.3, -0.25) is 0 Å². The summed E-state index contributed by atoms with van der Waals surface area (Å²) < 4.78 is 0. The molecule has 0 unspecified atom stereocenters. The summed E-state index contributed by atoms with van der Waals surface area (Å²) >= 11 is 2.88. The second kappa shape index (κ2) is 5.46. The molecular weight excluding hydrogens is 115 g/mol. The first kappa shape index (κ1) is 9.68. The first-order valence-corrected chi connectivity index (χ1v) is 1.10. The van der Waals surface area contributed by atoms with Gasteiger partial charge in [-0.1, -0.05) is 12.6 Å². The van der Waals surface area contributed by atoms with Crippen LogP contribution < -0.4 is 0 Å². The summed E-state index contributed by atoms with van der Waals surface area (Å²) in [7, 11) is 0. The van der Waals surface area contributed by atoms with E-state index in [9.17, 15) is 0 Å². The van der Waals surface area contributed by atoms with E-state index in [0.717, 1.165) is 0 Å². The van der Waals surface area contributed by atoms with Crippen LogP contribution in [0.4, 0.5) is 4.79 Å². The van der Waals surface area contributed by atoms with Crippen LogP contribution in [-0.4, -0.2) is 61.8 Å². The third-order valence-electron chi connectivity index (χ3n) is 0. The summed E-state index contributed by atoms with van der Waals surface area (Å²) in [5, 5.41) is 6.14. The summed E-state index contributed by atoms with van der Waals surface area (Å²) in [6.07, 6.45) is 0. The van der Waals surface area contributed by atoms with Gasteiger partial charge in [0.15, 0.2) is 0 Å². The van der Waals surface area contributed by atoms with Crippen LogP contribution in [0.15, 0.2) is 0 Å². The van der Waals surface area contributed by atoms with Crippen molar-refractivity contribution in [3.05, 3.63) is 0 Å². The van der Waals surface area contributed by atoms with E-state index < -0.39 is 5.30 Å². The Bertz CT molecular complexity index is 32.6. The summed E-state index contributed by atoms with van der Waals surface area (Å²) in [4.78, 5) is 8.86. The number of hydrogen-bond acceptors (Lipinski definition) is 1. The van der Waals surface area contributed by atoms with Gasteiger partial charge in [0.25, 0.3) is 0 Å². The Hall–Kier alpha value is 1.46. The van der Waals surface area contributed by atoms with Crippen LogP contribution in [0.1, 0.15) is 0 Å². The topological polar surface area (TPSA) is 37.3 Å². The van der Waals surface area contributed by atoms with E-state index in [1.54, 1.807) is 0 Å². The standard InChI is InChI=1S/CH2O2S.K.H/c2-1(3)4;;/h4H,(H,2,3);;. The first-order chi connectivity index (χ1) is 1.73. The molecule has 26 valence electrons. The van der Waals surface area contributed by atoms with Gasteiger partial charge in [0.1, 0.15) is 0 Å². The van der Waals surface area contributed by atoms with Gasteiger partial charge >= 0.3 is 56.7 Å². The fourth-order valence-corrected chi connectivity index (χ4v) is 0. The quantitative estimate of drug-likeness (QED) is 0.345. The number of carbonyl (C=O) groups is 1. The third kappa shape index (κ3) is 30.7. The Kier molecular flexibility index (Phi) is 10.6. The molecule has 0 fully saturated rings. The summed E-state index contributed by atoms with van der Waals surface area (Å²) in [5.74, 6) is 0. The van der Waals surface area contributed by atoms with Crippen molar-refractivity contribution in [1.82, 2.24) is 0 Å². The molecule has 0 saturated carbocycles. The molecule has 0 spiro atoms. The van der Waals surface area contributed by atoms with Gasteiger partial charge in [-0.2, -0.15) is 0 Å². The van der Waals surface area contributed by atoms with Crippen LogP contribution >= 0.6 is 12.6 Å². The molecule has 0 aliphatic carbocycles. The molecule has 4 heteroatoms. The van der Waals surface area contributed by atoms with Crippen molar-refractivity contribution in [3.63, 3.8) is 0 Å². The normalized spacial score (nSPS) is 5.00. The molecular formula is CH3KO2S. The monoisotopic (exact) mass is 118 g/mol. The van der Waals surface area contributed by atoms with E-state index in [0.29, 0.717) is 0 Å². The van der Waals surface area contributed by atoms with Crippen molar-refractivity contribution in [2.45, 2.75) is 0 Å². The average molecular weight is 118 g/mol. The van der Waals surface area contributed by atoms with E-state index in [-0.39, 0.29) is 51.4 Å². The number of thiol groups is 1. The molecule has 0 aromatic rings. The van der Waals surface area contributed by atoms with Crippen LogP contribution in [0.3, 0.4) is 0 Å². The molecule has 0 atom stereocenters. The average Bonchev–Trinajstić information content (AvgIpc) is 0.811. The zero-order valence-corrected chi connectivity index (χ0v) is 2.70. The zero-order chi connectivity index (χ0) is 3.58. The number of rotatable bonds is 0. The molecule has 1 N–H and O–H groups in total. The van der Waals surface area contributed by atoms with E-state index >= 15 is 0 Å². The molecule has 0 bridgehead atoms. The maximum atomic E-state index is 8.86. The molecule has 0 rings (SSSR count). The van der Waals surface area contributed by atoms with Gasteiger partial charge in [-0.05, 0) is 0 Å². The Balaban J connectivity index is 0. The zero-order valence-electron chi connectivity index (χ0n) is 1.80. The van der Waals surface area contributed by atoms with Gasteiger partial charge in [0.2, 0.25) is 0 Å². The molecule has 0 saturated heterocycles. The summed E-state index contributed by atoms with van der Waals surface area (Å²) in [6, 6.07) is 0. The fourth-order valence-electron chi connectivity index (χ4n) is 0. The van der Waals surface area contributed by atoms with Gasteiger partial charge in [0, 0.05) is 0 Å². The van der Waals surface area contributed by atoms with Crippen LogP contribution in [0, 0.1) is 0 Å². The molecule has 0 aliphatic rings. The van der Waals surface area contributed by atoms with Gasteiger partial charge in [-0.15, -0.1) is 0 Å². The summed E-state index contributed by atoms with van der Waals surface area (Å²) in [6.45, 7) is 0. The second-order valence-corrected chi connectivity index (χ2v) is 0.665. The van der Waals surface area contributed by atoms with Crippen molar-refractivity contribution in [2.75, 3.05) is 0 Å². The molecule has 0 aliphatic heterocycles. The van der Waals surface area contributed by atoms with Crippen molar-refractivity contribution < 1.29 is 9.90 Å². The molecule has 0 aromatic heterocycles. The maximum absolute atomic E-state index is 8.86. The van der Waals surface area contributed by atoms with Crippen molar-refractivity contribution in [2.24, 2.45) is 0 Å². The van der Waals surface area contributed by atoms with Gasteiger partial charge in [0.05, 0.1) is 0 Å². The third-order valence-corrected chi connectivity index (χ3v) is 0. The predicted molar refractivity (Wildman–Crippen MR) is 24.2 cm³/mol. The molecule has 2 nitrogen and oxygen atoms in total.